The first-order valence-corrected chi connectivity index (χ1v) is 5.97. The Morgan fingerprint density at radius 1 is 0.867 bits per heavy atom. The SMILES string of the molecule is CCCCCCCCCCCC(=O)[O-].[Cd+2]. The van der Waals surface area contributed by atoms with Crippen molar-refractivity contribution in [1.82, 2.24) is 0 Å². The van der Waals surface area contributed by atoms with Crippen molar-refractivity contribution in [3.8, 4) is 0 Å². The van der Waals surface area contributed by atoms with Crippen molar-refractivity contribution in [2.24, 2.45) is 0 Å². The van der Waals surface area contributed by atoms with Crippen molar-refractivity contribution >= 4 is 5.97 Å². The number of hydrogen-bond acceptors (Lipinski definition) is 2. The maximum absolute atomic E-state index is 10.1. The molecule has 0 heterocycles. The third kappa shape index (κ3) is 17.0. The van der Waals surface area contributed by atoms with E-state index in [9.17, 15) is 9.90 Å². The summed E-state index contributed by atoms with van der Waals surface area (Å²) in [4.78, 5) is 10.1. The van der Waals surface area contributed by atoms with E-state index in [2.05, 4.69) is 6.92 Å². The Morgan fingerprint density at radius 2 is 1.27 bits per heavy atom. The van der Waals surface area contributed by atoms with E-state index in [0.717, 1.165) is 12.8 Å². The monoisotopic (exact) mass is 313 g/mol. The van der Waals surface area contributed by atoms with Gasteiger partial charge in [0.1, 0.15) is 0 Å². The van der Waals surface area contributed by atoms with Gasteiger partial charge in [-0.3, -0.25) is 0 Å². The molecule has 0 aliphatic rings. The van der Waals surface area contributed by atoms with Crippen LogP contribution in [-0.2, 0) is 32.1 Å². The molecule has 84 valence electrons. The largest absolute Gasteiger partial charge is 2.00 e. The zero-order chi connectivity index (χ0) is 10.6. The summed E-state index contributed by atoms with van der Waals surface area (Å²) < 4.78 is 0. The first-order chi connectivity index (χ1) is 6.77. The van der Waals surface area contributed by atoms with Gasteiger partial charge in [-0.1, -0.05) is 58.3 Å². The summed E-state index contributed by atoms with van der Waals surface area (Å²) in [6.07, 6.45) is 11.2. The molecule has 0 aromatic rings. The maximum atomic E-state index is 10.1. The predicted octanol–water partition coefficient (Wildman–Crippen LogP) is 2.65. The van der Waals surface area contributed by atoms with Crippen LogP contribution in [-0.4, -0.2) is 5.97 Å². The average Bonchev–Trinajstić information content (AvgIpc) is 2.15. The number of carboxylic acids is 1. The van der Waals surface area contributed by atoms with Gasteiger partial charge in [0.05, 0.1) is 0 Å². The van der Waals surface area contributed by atoms with Gasteiger partial charge in [-0.2, -0.15) is 0 Å². The summed E-state index contributed by atoms with van der Waals surface area (Å²) in [6, 6.07) is 0. The molecular formula is C12H23CdO2+. The van der Waals surface area contributed by atoms with Crippen molar-refractivity contribution in [2.75, 3.05) is 0 Å². The first kappa shape index (κ1) is 17.8. The van der Waals surface area contributed by atoms with Crippen LogP contribution >= 0.6 is 0 Å². The van der Waals surface area contributed by atoms with Crippen molar-refractivity contribution in [2.45, 2.75) is 71.1 Å². The van der Waals surface area contributed by atoms with E-state index >= 15 is 0 Å². The fourth-order valence-corrected chi connectivity index (χ4v) is 1.58. The number of rotatable bonds is 10. The Bertz CT molecular complexity index is 138. The summed E-state index contributed by atoms with van der Waals surface area (Å²) >= 11 is 0. The second-order valence-electron chi connectivity index (χ2n) is 3.95. The van der Waals surface area contributed by atoms with Crippen LogP contribution < -0.4 is 5.11 Å². The molecule has 15 heavy (non-hydrogen) atoms. The Morgan fingerprint density at radius 3 is 1.67 bits per heavy atom. The van der Waals surface area contributed by atoms with Gasteiger partial charge in [0.25, 0.3) is 0 Å². The quantitative estimate of drug-likeness (QED) is 0.460. The number of aliphatic carboxylic acids is 1. The zero-order valence-corrected chi connectivity index (χ0v) is 14.1. The second kappa shape index (κ2) is 14.4. The first-order valence-electron chi connectivity index (χ1n) is 5.97. The van der Waals surface area contributed by atoms with Crippen molar-refractivity contribution < 1.29 is 37.2 Å². The maximum Gasteiger partial charge on any atom is 2.00 e. The minimum Gasteiger partial charge on any atom is -0.550 e. The molecule has 0 N–H and O–H groups in total. The van der Waals surface area contributed by atoms with E-state index in [-0.39, 0.29) is 33.7 Å². The van der Waals surface area contributed by atoms with Crippen LogP contribution in [0.5, 0.6) is 0 Å². The summed E-state index contributed by atoms with van der Waals surface area (Å²) in [7, 11) is 0. The molecule has 0 spiro atoms. The Balaban J connectivity index is 0. The number of carboxylic acid groups (broad SMARTS) is 1. The topological polar surface area (TPSA) is 40.1 Å². The van der Waals surface area contributed by atoms with E-state index in [1.165, 1.54) is 44.9 Å². The minimum atomic E-state index is -0.909. The van der Waals surface area contributed by atoms with Crippen LogP contribution in [0.2, 0.25) is 0 Å². The standard InChI is InChI=1S/C12H24O2.Cd/c1-2-3-4-5-6-7-8-9-10-11-12(13)14;/h2-11H2,1H3,(H,13,14);/q;+2/p-1. The van der Waals surface area contributed by atoms with Crippen LogP contribution in [0.15, 0.2) is 0 Å². The van der Waals surface area contributed by atoms with E-state index in [1.54, 1.807) is 0 Å². The van der Waals surface area contributed by atoms with Crippen molar-refractivity contribution in [3.05, 3.63) is 0 Å². The van der Waals surface area contributed by atoms with Crippen molar-refractivity contribution in [3.63, 3.8) is 0 Å². The molecular weight excluding hydrogens is 289 g/mol. The number of hydrogen-bond donors (Lipinski definition) is 0. The summed E-state index contributed by atoms with van der Waals surface area (Å²) in [6.45, 7) is 2.22. The second-order valence-corrected chi connectivity index (χ2v) is 3.95. The third-order valence-electron chi connectivity index (χ3n) is 2.48. The van der Waals surface area contributed by atoms with Gasteiger partial charge in [-0.05, 0) is 12.8 Å². The van der Waals surface area contributed by atoms with E-state index < -0.39 is 5.97 Å². The van der Waals surface area contributed by atoms with Gasteiger partial charge in [-0.15, -0.1) is 0 Å². The van der Waals surface area contributed by atoms with Crippen LogP contribution in [0.3, 0.4) is 0 Å². The van der Waals surface area contributed by atoms with E-state index in [4.69, 9.17) is 0 Å². The molecule has 0 aliphatic heterocycles. The van der Waals surface area contributed by atoms with E-state index in [0.29, 0.717) is 0 Å². The molecule has 0 aromatic carbocycles. The zero-order valence-electron chi connectivity index (χ0n) is 10.1. The third-order valence-corrected chi connectivity index (χ3v) is 2.48. The fourth-order valence-electron chi connectivity index (χ4n) is 1.58. The smallest absolute Gasteiger partial charge is 0.550 e. The van der Waals surface area contributed by atoms with Crippen LogP contribution in [0.1, 0.15) is 71.1 Å². The molecule has 0 radical (unpaired) electrons. The normalized spacial score (nSPS) is 9.67. The van der Waals surface area contributed by atoms with Gasteiger partial charge < -0.3 is 9.90 Å². The molecule has 0 aliphatic carbocycles. The molecule has 0 unspecified atom stereocenters. The molecule has 0 fully saturated rings. The molecule has 0 rings (SSSR count). The van der Waals surface area contributed by atoms with Gasteiger partial charge in [0.15, 0.2) is 0 Å². The van der Waals surface area contributed by atoms with Crippen molar-refractivity contribution in [1.29, 1.82) is 0 Å². The molecule has 3 heteroatoms. The number of carbonyl (C=O) groups is 1. The molecule has 0 saturated heterocycles. The Hall–Kier alpha value is 0.392. The minimum absolute atomic E-state index is 0. The van der Waals surface area contributed by atoms with E-state index in [1.807, 2.05) is 0 Å². The predicted molar refractivity (Wildman–Crippen MR) is 56.9 cm³/mol. The van der Waals surface area contributed by atoms with Crippen LogP contribution in [0, 0.1) is 0 Å². The molecule has 0 atom stereocenters. The number of unbranched alkanes of at least 4 members (excludes halogenated alkanes) is 8. The van der Waals surface area contributed by atoms with Gasteiger partial charge in [0, 0.05) is 5.97 Å². The fraction of sp³-hybridized carbons (Fsp3) is 0.917. The van der Waals surface area contributed by atoms with Crippen LogP contribution in [0.4, 0.5) is 0 Å². The summed E-state index contributed by atoms with van der Waals surface area (Å²) in [5, 5.41) is 10.1. The summed E-state index contributed by atoms with van der Waals surface area (Å²) in [5.41, 5.74) is 0. The van der Waals surface area contributed by atoms with Gasteiger partial charge >= 0.3 is 27.3 Å². The number of carbonyl (C=O) groups excluding carboxylic acids is 1. The Labute approximate surface area is 114 Å². The van der Waals surface area contributed by atoms with Crippen LogP contribution in [0.25, 0.3) is 0 Å². The molecule has 0 saturated carbocycles. The summed E-state index contributed by atoms with van der Waals surface area (Å²) in [5.74, 6) is -0.909. The van der Waals surface area contributed by atoms with Gasteiger partial charge in [0.2, 0.25) is 0 Å². The average molecular weight is 312 g/mol. The molecule has 0 amide bonds. The molecule has 2 nitrogen and oxygen atoms in total. The molecule has 0 bridgehead atoms. The van der Waals surface area contributed by atoms with Gasteiger partial charge in [-0.25, -0.2) is 0 Å². The Kier molecular flexibility index (Phi) is 17.1. The molecule has 0 aromatic heterocycles.